The Labute approximate surface area is 151 Å². The maximum atomic E-state index is 12.8. The summed E-state index contributed by atoms with van der Waals surface area (Å²) in [5.74, 6) is 2.53. The number of fused-ring (bicyclic) bond motifs is 5. The van der Waals surface area contributed by atoms with E-state index in [0.29, 0.717) is 23.5 Å². The number of carbonyl (C=O) groups is 2. The van der Waals surface area contributed by atoms with Crippen molar-refractivity contribution in [2.45, 2.75) is 78.7 Å². The summed E-state index contributed by atoms with van der Waals surface area (Å²) < 4.78 is 5.51. The zero-order valence-corrected chi connectivity index (χ0v) is 16.1. The van der Waals surface area contributed by atoms with Crippen LogP contribution >= 0.6 is 0 Å². The minimum absolute atomic E-state index is 0.0651. The van der Waals surface area contributed by atoms with Gasteiger partial charge in [0.25, 0.3) is 0 Å². The van der Waals surface area contributed by atoms with Gasteiger partial charge in [0.15, 0.2) is 0 Å². The normalized spacial score (nSPS) is 48.9. The van der Waals surface area contributed by atoms with Gasteiger partial charge in [0.1, 0.15) is 11.9 Å². The molecule has 0 spiro atoms. The summed E-state index contributed by atoms with van der Waals surface area (Å²) in [6.07, 6.45) is 9.98. The van der Waals surface area contributed by atoms with Crippen molar-refractivity contribution in [3.8, 4) is 0 Å². The molecule has 0 amide bonds. The Morgan fingerprint density at radius 2 is 1.88 bits per heavy atom. The molecule has 7 atom stereocenters. The molecule has 0 aliphatic heterocycles. The molecule has 4 rings (SSSR count). The van der Waals surface area contributed by atoms with Gasteiger partial charge in [0.2, 0.25) is 0 Å². The summed E-state index contributed by atoms with van der Waals surface area (Å²) in [6.45, 7) is 8.34. The molecule has 4 aliphatic rings. The second-order valence-electron chi connectivity index (χ2n) is 9.69. The van der Waals surface area contributed by atoms with Crippen molar-refractivity contribution in [2.75, 3.05) is 0 Å². The lowest BCUT2D eigenvalue weighted by Crippen LogP contribution is -2.50. The molecule has 0 bridgehead atoms. The highest BCUT2D eigenvalue weighted by atomic mass is 16.5. The molecule has 3 nitrogen and oxygen atoms in total. The summed E-state index contributed by atoms with van der Waals surface area (Å²) in [5.41, 5.74) is 1.69. The summed E-state index contributed by atoms with van der Waals surface area (Å²) in [6, 6.07) is 0. The first kappa shape index (κ1) is 17.3. The summed E-state index contributed by atoms with van der Waals surface area (Å²) in [4.78, 5) is 24.1. The van der Waals surface area contributed by atoms with Gasteiger partial charge in [0.05, 0.1) is 0 Å². The van der Waals surface area contributed by atoms with Crippen LogP contribution in [0.1, 0.15) is 72.6 Å². The van der Waals surface area contributed by atoms with E-state index in [0.717, 1.165) is 38.5 Å². The number of esters is 1. The van der Waals surface area contributed by atoms with Crippen LogP contribution in [-0.2, 0) is 14.3 Å². The fourth-order valence-electron chi connectivity index (χ4n) is 7.07. The standard InChI is InChI=1S/C22H32O3/c1-13-11-19-17-6-5-15-12-16(25-14(2)23)7-9-21(15,3)18(17)8-10-22(19,4)20(13)24/h5,13,16-19H,6-12H2,1-4H3/t13-,16-,17+,18-,19-,21-,22-/m0/s1. The average Bonchev–Trinajstić information content (AvgIpc) is 2.78. The van der Waals surface area contributed by atoms with Gasteiger partial charge in [-0.1, -0.05) is 32.4 Å². The molecule has 3 heteroatoms. The third-order valence-electron chi connectivity index (χ3n) is 8.40. The van der Waals surface area contributed by atoms with Gasteiger partial charge in [-0.15, -0.1) is 0 Å². The van der Waals surface area contributed by atoms with Gasteiger partial charge in [-0.2, -0.15) is 0 Å². The number of Topliss-reactive ketones (excluding diaryl/α,β-unsaturated/α-hetero) is 1. The van der Waals surface area contributed by atoms with Gasteiger partial charge in [-0.05, 0) is 61.7 Å². The molecule has 138 valence electrons. The molecule has 4 aliphatic carbocycles. The van der Waals surface area contributed by atoms with Crippen LogP contribution in [0.2, 0.25) is 0 Å². The van der Waals surface area contributed by atoms with Crippen LogP contribution in [-0.4, -0.2) is 17.9 Å². The Kier molecular flexibility index (Phi) is 3.94. The van der Waals surface area contributed by atoms with Gasteiger partial charge in [-0.3, -0.25) is 9.59 Å². The molecule has 3 saturated carbocycles. The molecule has 0 N–H and O–H groups in total. The maximum Gasteiger partial charge on any atom is 0.302 e. The van der Waals surface area contributed by atoms with Crippen LogP contribution in [0.5, 0.6) is 0 Å². The van der Waals surface area contributed by atoms with Crippen LogP contribution in [0, 0.1) is 34.5 Å². The Balaban J connectivity index is 1.61. The minimum atomic E-state index is -0.158. The van der Waals surface area contributed by atoms with Crippen molar-refractivity contribution < 1.29 is 14.3 Å². The van der Waals surface area contributed by atoms with Crippen molar-refractivity contribution in [1.82, 2.24) is 0 Å². The van der Waals surface area contributed by atoms with Crippen LogP contribution in [0.25, 0.3) is 0 Å². The number of ketones is 1. The van der Waals surface area contributed by atoms with Gasteiger partial charge < -0.3 is 4.74 Å². The number of ether oxygens (including phenoxy) is 1. The fraction of sp³-hybridized carbons (Fsp3) is 0.818. The zero-order valence-electron chi connectivity index (χ0n) is 16.1. The Hall–Kier alpha value is -1.12. The van der Waals surface area contributed by atoms with Gasteiger partial charge in [0, 0.05) is 24.7 Å². The third-order valence-corrected chi connectivity index (χ3v) is 8.40. The van der Waals surface area contributed by atoms with E-state index in [1.807, 2.05) is 0 Å². The van der Waals surface area contributed by atoms with Crippen LogP contribution < -0.4 is 0 Å². The SMILES string of the molecule is CC(=O)O[C@H]1CC[C@@]2(C)C(=CC[C@@H]3[C@@H]2CC[C@]2(C)C(=O)[C@@H](C)C[C@@H]32)C1. The monoisotopic (exact) mass is 344 g/mol. The Morgan fingerprint density at radius 3 is 2.60 bits per heavy atom. The lowest BCUT2D eigenvalue weighted by Gasteiger charge is -2.56. The van der Waals surface area contributed by atoms with Crippen molar-refractivity contribution >= 4 is 11.8 Å². The minimum Gasteiger partial charge on any atom is -0.462 e. The molecule has 0 aromatic carbocycles. The van der Waals surface area contributed by atoms with Crippen LogP contribution in [0.3, 0.4) is 0 Å². The highest BCUT2D eigenvalue weighted by Gasteiger charge is 2.60. The van der Waals surface area contributed by atoms with E-state index in [9.17, 15) is 9.59 Å². The molecule has 25 heavy (non-hydrogen) atoms. The summed E-state index contributed by atoms with van der Waals surface area (Å²) in [7, 11) is 0. The smallest absolute Gasteiger partial charge is 0.302 e. The first-order chi connectivity index (χ1) is 11.8. The first-order valence-corrected chi connectivity index (χ1v) is 10.2. The quantitative estimate of drug-likeness (QED) is 0.512. The maximum absolute atomic E-state index is 12.8. The summed E-state index contributed by atoms with van der Waals surface area (Å²) in [5, 5.41) is 0. The number of hydrogen-bond donors (Lipinski definition) is 0. The first-order valence-electron chi connectivity index (χ1n) is 10.2. The molecule has 0 aromatic heterocycles. The van der Waals surface area contributed by atoms with E-state index < -0.39 is 0 Å². The second-order valence-corrected chi connectivity index (χ2v) is 9.69. The van der Waals surface area contributed by atoms with Crippen molar-refractivity contribution in [3.05, 3.63) is 11.6 Å². The number of allylic oxidation sites excluding steroid dienone is 1. The van der Waals surface area contributed by atoms with E-state index in [-0.39, 0.29) is 28.8 Å². The Bertz CT molecular complexity index is 635. The molecule has 0 radical (unpaired) electrons. The molecular weight excluding hydrogens is 312 g/mol. The van der Waals surface area contributed by atoms with E-state index in [1.54, 1.807) is 0 Å². The average molecular weight is 344 g/mol. The third kappa shape index (κ3) is 2.44. The molecule has 0 aromatic rings. The zero-order chi connectivity index (χ0) is 18.0. The molecule has 0 unspecified atom stereocenters. The predicted octanol–water partition coefficient (Wildman–Crippen LogP) is 4.70. The van der Waals surface area contributed by atoms with Crippen molar-refractivity contribution in [2.24, 2.45) is 34.5 Å². The number of carbonyl (C=O) groups excluding carboxylic acids is 2. The summed E-state index contributed by atoms with van der Waals surface area (Å²) >= 11 is 0. The topological polar surface area (TPSA) is 43.4 Å². The van der Waals surface area contributed by atoms with Crippen molar-refractivity contribution in [1.29, 1.82) is 0 Å². The molecule has 3 fully saturated rings. The van der Waals surface area contributed by atoms with E-state index in [2.05, 4.69) is 26.8 Å². The van der Waals surface area contributed by atoms with Gasteiger partial charge in [-0.25, -0.2) is 0 Å². The van der Waals surface area contributed by atoms with Crippen LogP contribution in [0.4, 0.5) is 0 Å². The molecule has 0 saturated heterocycles. The lowest BCUT2D eigenvalue weighted by atomic mass is 9.48. The Morgan fingerprint density at radius 1 is 1.16 bits per heavy atom. The van der Waals surface area contributed by atoms with Gasteiger partial charge >= 0.3 is 5.97 Å². The van der Waals surface area contributed by atoms with Crippen LogP contribution in [0.15, 0.2) is 11.6 Å². The number of rotatable bonds is 1. The van der Waals surface area contributed by atoms with E-state index >= 15 is 0 Å². The highest BCUT2D eigenvalue weighted by molar-refractivity contribution is 5.89. The number of hydrogen-bond acceptors (Lipinski definition) is 3. The predicted molar refractivity (Wildman–Crippen MR) is 96.8 cm³/mol. The fourth-order valence-corrected chi connectivity index (χ4v) is 7.07. The largest absolute Gasteiger partial charge is 0.462 e. The highest BCUT2D eigenvalue weighted by Crippen LogP contribution is 2.64. The lowest BCUT2D eigenvalue weighted by molar-refractivity contribution is -0.148. The van der Waals surface area contributed by atoms with Crippen molar-refractivity contribution in [3.63, 3.8) is 0 Å². The van der Waals surface area contributed by atoms with E-state index in [4.69, 9.17) is 4.74 Å². The molecular formula is C22H32O3. The second kappa shape index (κ2) is 5.69. The van der Waals surface area contributed by atoms with E-state index in [1.165, 1.54) is 18.9 Å². The molecule has 0 heterocycles.